The molecule has 1 aliphatic carbocycles. The number of nitrogens with one attached hydrogen (secondary N) is 2. The minimum atomic E-state index is -0.975. The number of carboxylic acids is 1. The lowest BCUT2D eigenvalue weighted by Crippen LogP contribution is -2.50. The molecule has 114 valence electrons. The van der Waals surface area contributed by atoms with E-state index in [0.29, 0.717) is 5.69 Å². The van der Waals surface area contributed by atoms with E-state index in [1.807, 2.05) is 0 Å². The second-order valence-corrected chi connectivity index (χ2v) is 5.26. The lowest BCUT2D eigenvalue weighted by Gasteiger charge is -2.28. The summed E-state index contributed by atoms with van der Waals surface area (Å²) in [5.74, 6) is -0.963. The molecule has 3 N–H and O–H groups in total. The van der Waals surface area contributed by atoms with Crippen LogP contribution in [-0.2, 0) is 11.3 Å². The maximum atomic E-state index is 11.8. The molecule has 1 aliphatic rings. The van der Waals surface area contributed by atoms with E-state index in [4.69, 9.17) is 0 Å². The maximum Gasteiger partial charge on any atom is 0.326 e. The monoisotopic (exact) mass is 292 g/mol. The van der Waals surface area contributed by atoms with Crippen LogP contribution in [0.3, 0.4) is 0 Å². The molecular weight excluding hydrogens is 272 g/mol. The predicted molar refractivity (Wildman–Crippen MR) is 75.4 cm³/mol. The van der Waals surface area contributed by atoms with Gasteiger partial charge >= 0.3 is 12.0 Å². The van der Waals surface area contributed by atoms with Gasteiger partial charge in [0.1, 0.15) is 6.04 Å². The standard InChI is InChI=1S/C14H20N4O3/c19-13(20)12(10-5-2-1-3-6-10)17-14(21)15-9-11-7-4-8-16-18-11/h4,7-8,10,12H,1-3,5-6,9H2,(H,19,20)(H2,15,17,21). The number of nitrogens with zero attached hydrogens (tertiary/aromatic N) is 2. The van der Waals surface area contributed by atoms with Crippen molar-refractivity contribution < 1.29 is 14.7 Å². The van der Waals surface area contributed by atoms with Crippen LogP contribution in [0, 0.1) is 5.92 Å². The Morgan fingerprint density at radius 3 is 2.71 bits per heavy atom. The van der Waals surface area contributed by atoms with Gasteiger partial charge in [-0.25, -0.2) is 9.59 Å². The van der Waals surface area contributed by atoms with Gasteiger partial charge in [-0.15, -0.1) is 0 Å². The Morgan fingerprint density at radius 2 is 2.10 bits per heavy atom. The number of carbonyl (C=O) groups excluding carboxylic acids is 1. The first-order valence-electron chi connectivity index (χ1n) is 7.20. The van der Waals surface area contributed by atoms with E-state index < -0.39 is 18.0 Å². The lowest BCUT2D eigenvalue weighted by molar-refractivity contribution is -0.141. The summed E-state index contributed by atoms with van der Waals surface area (Å²) in [7, 11) is 0. The first kappa shape index (κ1) is 15.2. The van der Waals surface area contributed by atoms with Crippen LogP contribution >= 0.6 is 0 Å². The molecule has 1 fully saturated rings. The highest BCUT2D eigenvalue weighted by Crippen LogP contribution is 2.26. The average Bonchev–Trinajstić information content (AvgIpc) is 2.52. The zero-order chi connectivity index (χ0) is 15.1. The molecule has 1 heterocycles. The Hall–Kier alpha value is -2.18. The Labute approximate surface area is 123 Å². The van der Waals surface area contributed by atoms with E-state index in [9.17, 15) is 14.7 Å². The van der Waals surface area contributed by atoms with E-state index in [0.717, 1.165) is 32.1 Å². The molecule has 1 atom stereocenters. The van der Waals surface area contributed by atoms with Gasteiger partial charge in [0.2, 0.25) is 0 Å². The van der Waals surface area contributed by atoms with Gasteiger partial charge < -0.3 is 15.7 Å². The zero-order valence-corrected chi connectivity index (χ0v) is 11.8. The molecular formula is C14H20N4O3. The van der Waals surface area contributed by atoms with Gasteiger partial charge in [0.05, 0.1) is 12.2 Å². The summed E-state index contributed by atoms with van der Waals surface area (Å²) in [6.45, 7) is 0.219. The Kier molecular flexibility index (Phi) is 5.48. The molecule has 1 unspecified atom stereocenters. The molecule has 1 aromatic heterocycles. The van der Waals surface area contributed by atoms with E-state index in [2.05, 4.69) is 20.8 Å². The minimum Gasteiger partial charge on any atom is -0.480 e. The number of amides is 2. The third-order valence-corrected chi connectivity index (χ3v) is 3.73. The smallest absolute Gasteiger partial charge is 0.326 e. The summed E-state index contributed by atoms with van der Waals surface area (Å²) in [5.41, 5.74) is 0.622. The molecule has 21 heavy (non-hydrogen) atoms. The van der Waals surface area contributed by atoms with Crippen LogP contribution in [-0.4, -0.2) is 33.3 Å². The van der Waals surface area contributed by atoms with E-state index in [-0.39, 0.29) is 12.5 Å². The van der Waals surface area contributed by atoms with E-state index >= 15 is 0 Å². The third kappa shape index (κ3) is 4.70. The Balaban J connectivity index is 1.84. The van der Waals surface area contributed by atoms with Crippen molar-refractivity contribution in [3.05, 3.63) is 24.0 Å². The summed E-state index contributed by atoms with van der Waals surface area (Å²) >= 11 is 0. The Bertz CT molecular complexity index is 474. The fraction of sp³-hybridized carbons (Fsp3) is 0.571. The van der Waals surface area contributed by atoms with Gasteiger partial charge in [-0.1, -0.05) is 19.3 Å². The second-order valence-electron chi connectivity index (χ2n) is 5.26. The number of rotatable bonds is 5. The number of hydrogen-bond acceptors (Lipinski definition) is 4. The summed E-state index contributed by atoms with van der Waals surface area (Å²) < 4.78 is 0. The van der Waals surface area contributed by atoms with E-state index in [1.165, 1.54) is 0 Å². The van der Waals surface area contributed by atoms with Crippen molar-refractivity contribution in [2.24, 2.45) is 5.92 Å². The fourth-order valence-electron chi connectivity index (χ4n) is 2.64. The average molecular weight is 292 g/mol. The summed E-state index contributed by atoms with van der Waals surface area (Å²) in [5, 5.41) is 22.0. The molecule has 1 saturated carbocycles. The molecule has 0 aromatic carbocycles. The predicted octanol–water partition coefficient (Wildman–Crippen LogP) is 1.31. The molecule has 7 nitrogen and oxygen atoms in total. The minimum absolute atomic E-state index is 0.0125. The van der Waals surface area contributed by atoms with E-state index in [1.54, 1.807) is 18.3 Å². The van der Waals surface area contributed by atoms with Crippen LogP contribution in [0.25, 0.3) is 0 Å². The highest BCUT2D eigenvalue weighted by atomic mass is 16.4. The van der Waals surface area contributed by atoms with Crippen molar-refractivity contribution in [3.63, 3.8) is 0 Å². The summed E-state index contributed by atoms with van der Waals surface area (Å²) in [6, 6.07) is 2.15. The van der Waals surface area contributed by atoms with Crippen molar-refractivity contribution >= 4 is 12.0 Å². The first-order chi connectivity index (χ1) is 10.2. The van der Waals surface area contributed by atoms with Gasteiger partial charge in [-0.3, -0.25) is 0 Å². The van der Waals surface area contributed by atoms with Gasteiger partial charge in [0.15, 0.2) is 0 Å². The lowest BCUT2D eigenvalue weighted by atomic mass is 9.84. The van der Waals surface area contributed by atoms with Crippen LogP contribution in [0.2, 0.25) is 0 Å². The number of carbonyl (C=O) groups is 2. The molecule has 0 spiro atoms. The topological polar surface area (TPSA) is 104 Å². The van der Waals surface area contributed by atoms with Crippen LogP contribution in [0.1, 0.15) is 37.8 Å². The maximum absolute atomic E-state index is 11.8. The van der Waals surface area contributed by atoms with Crippen LogP contribution < -0.4 is 10.6 Å². The molecule has 0 bridgehead atoms. The summed E-state index contributed by atoms with van der Waals surface area (Å²) in [4.78, 5) is 23.2. The number of aliphatic carboxylic acids is 1. The highest BCUT2D eigenvalue weighted by molar-refractivity contribution is 5.82. The molecule has 1 aromatic rings. The number of urea groups is 1. The quantitative estimate of drug-likeness (QED) is 0.759. The number of hydrogen-bond donors (Lipinski definition) is 3. The number of carboxylic acid groups (broad SMARTS) is 1. The van der Waals surface area contributed by atoms with Crippen LogP contribution in [0.15, 0.2) is 18.3 Å². The molecule has 0 radical (unpaired) electrons. The SMILES string of the molecule is O=C(NCc1cccnn1)NC(C(=O)O)C1CCCCC1. The van der Waals surface area contributed by atoms with Crippen molar-refractivity contribution in [1.29, 1.82) is 0 Å². The van der Waals surface area contributed by atoms with Crippen molar-refractivity contribution in [3.8, 4) is 0 Å². The van der Waals surface area contributed by atoms with Crippen molar-refractivity contribution in [1.82, 2.24) is 20.8 Å². The van der Waals surface area contributed by atoms with Gasteiger partial charge in [-0.05, 0) is 30.9 Å². The van der Waals surface area contributed by atoms with Crippen molar-refractivity contribution in [2.75, 3.05) is 0 Å². The third-order valence-electron chi connectivity index (χ3n) is 3.73. The fourth-order valence-corrected chi connectivity index (χ4v) is 2.64. The van der Waals surface area contributed by atoms with Gasteiger partial charge in [-0.2, -0.15) is 10.2 Å². The molecule has 0 aliphatic heterocycles. The normalized spacial score (nSPS) is 17.0. The number of aromatic nitrogens is 2. The molecule has 2 rings (SSSR count). The van der Waals surface area contributed by atoms with Crippen LogP contribution in [0.5, 0.6) is 0 Å². The Morgan fingerprint density at radius 1 is 1.33 bits per heavy atom. The molecule has 0 saturated heterocycles. The van der Waals surface area contributed by atoms with Gasteiger partial charge in [0.25, 0.3) is 0 Å². The van der Waals surface area contributed by atoms with Gasteiger partial charge in [0, 0.05) is 6.20 Å². The van der Waals surface area contributed by atoms with Crippen LogP contribution in [0.4, 0.5) is 4.79 Å². The zero-order valence-electron chi connectivity index (χ0n) is 11.8. The molecule has 7 heteroatoms. The first-order valence-corrected chi connectivity index (χ1v) is 7.20. The second kappa shape index (κ2) is 7.56. The highest BCUT2D eigenvalue weighted by Gasteiger charge is 2.30. The largest absolute Gasteiger partial charge is 0.480 e. The summed E-state index contributed by atoms with van der Waals surface area (Å²) in [6.07, 6.45) is 6.44. The molecule has 2 amide bonds. The van der Waals surface area contributed by atoms with Crippen molar-refractivity contribution in [2.45, 2.75) is 44.7 Å².